The molecule has 0 saturated heterocycles. The fourth-order valence-electron chi connectivity index (χ4n) is 0.649. The molecule has 0 aromatic carbocycles. The molecule has 0 spiro atoms. The van der Waals surface area contributed by atoms with E-state index >= 15 is 0 Å². The summed E-state index contributed by atoms with van der Waals surface area (Å²) < 4.78 is 0. The average molecular weight is 170 g/mol. The zero-order chi connectivity index (χ0) is 9.78. The van der Waals surface area contributed by atoms with Gasteiger partial charge in [0.25, 0.3) is 0 Å². The summed E-state index contributed by atoms with van der Waals surface area (Å²) in [6, 6.07) is 0. The van der Waals surface area contributed by atoms with Gasteiger partial charge in [-0.2, -0.15) is 0 Å². The van der Waals surface area contributed by atoms with E-state index in [0.29, 0.717) is 0 Å². The van der Waals surface area contributed by atoms with Crippen LogP contribution in [0.1, 0.15) is 20.8 Å². The van der Waals surface area contributed by atoms with Crippen LogP contribution in [0.25, 0.3) is 0 Å². The zero-order valence-corrected chi connectivity index (χ0v) is 7.99. The molecule has 0 amide bonds. The van der Waals surface area contributed by atoms with Crippen LogP contribution in [0.5, 0.6) is 0 Å². The average Bonchev–Trinajstić information content (AvgIpc) is 1.97. The van der Waals surface area contributed by atoms with Gasteiger partial charge in [0, 0.05) is 5.92 Å². The third-order valence-electron chi connectivity index (χ3n) is 1.61. The summed E-state index contributed by atoms with van der Waals surface area (Å²) in [5.41, 5.74) is -0.859. The highest BCUT2D eigenvalue weighted by Crippen LogP contribution is 2.09. The topological polar surface area (TPSA) is 40.5 Å². The zero-order valence-electron chi connectivity index (χ0n) is 7.99. The van der Waals surface area contributed by atoms with Crippen LogP contribution in [0.3, 0.4) is 0 Å². The lowest BCUT2D eigenvalue weighted by molar-refractivity contribution is 0.128. The van der Waals surface area contributed by atoms with E-state index < -0.39 is 11.7 Å². The van der Waals surface area contributed by atoms with E-state index in [1.54, 1.807) is 32.1 Å². The van der Waals surface area contributed by atoms with Crippen molar-refractivity contribution < 1.29 is 10.2 Å². The maximum absolute atomic E-state index is 9.41. The van der Waals surface area contributed by atoms with Gasteiger partial charge in [0.1, 0.15) is 0 Å². The molecule has 0 rings (SSSR count). The van der Waals surface area contributed by atoms with E-state index in [9.17, 15) is 10.2 Å². The molecule has 0 bridgehead atoms. The van der Waals surface area contributed by atoms with Crippen molar-refractivity contribution >= 4 is 0 Å². The third kappa shape index (κ3) is 5.10. The van der Waals surface area contributed by atoms with Crippen LogP contribution in [0.4, 0.5) is 0 Å². The van der Waals surface area contributed by atoms with E-state index in [2.05, 4.69) is 6.58 Å². The summed E-state index contributed by atoms with van der Waals surface area (Å²) in [7, 11) is 0. The minimum Gasteiger partial charge on any atom is -0.388 e. The standard InChI is InChI=1S/C10H18O2/c1-5-8(2)9(11)6-7-10(3,4)12/h5-9,11-12H,1H2,2-4H3. The number of aliphatic hydroxyl groups excluding tert-OH is 1. The molecule has 2 heteroatoms. The number of rotatable bonds is 4. The van der Waals surface area contributed by atoms with Crippen molar-refractivity contribution in [2.75, 3.05) is 0 Å². The Morgan fingerprint density at radius 3 is 2.25 bits per heavy atom. The maximum Gasteiger partial charge on any atom is 0.0781 e. The summed E-state index contributed by atoms with van der Waals surface area (Å²) in [6.45, 7) is 8.76. The molecule has 0 fully saturated rings. The molecule has 70 valence electrons. The van der Waals surface area contributed by atoms with Crippen molar-refractivity contribution in [2.45, 2.75) is 32.5 Å². The van der Waals surface area contributed by atoms with Gasteiger partial charge in [-0.15, -0.1) is 6.58 Å². The van der Waals surface area contributed by atoms with Gasteiger partial charge in [0.2, 0.25) is 0 Å². The second-order valence-electron chi connectivity index (χ2n) is 3.60. The van der Waals surface area contributed by atoms with Gasteiger partial charge in [-0.05, 0) is 13.8 Å². The Morgan fingerprint density at radius 2 is 1.92 bits per heavy atom. The molecule has 2 nitrogen and oxygen atoms in total. The van der Waals surface area contributed by atoms with Crippen LogP contribution in [0, 0.1) is 5.92 Å². The van der Waals surface area contributed by atoms with Crippen molar-refractivity contribution in [2.24, 2.45) is 5.92 Å². The highest BCUT2D eigenvalue weighted by Gasteiger charge is 2.10. The summed E-state index contributed by atoms with van der Waals surface area (Å²) in [4.78, 5) is 0. The Balaban J connectivity index is 4.08. The molecule has 0 aromatic rings. The molecule has 0 aliphatic rings. The first kappa shape index (κ1) is 11.4. The van der Waals surface area contributed by atoms with Gasteiger partial charge in [-0.1, -0.05) is 25.2 Å². The normalized spacial score (nSPS) is 17.8. The van der Waals surface area contributed by atoms with Crippen LogP contribution < -0.4 is 0 Å². The third-order valence-corrected chi connectivity index (χ3v) is 1.61. The quantitative estimate of drug-likeness (QED) is 0.628. The van der Waals surface area contributed by atoms with Crippen LogP contribution in [-0.4, -0.2) is 21.9 Å². The van der Waals surface area contributed by atoms with E-state index in [-0.39, 0.29) is 5.92 Å². The first-order valence-corrected chi connectivity index (χ1v) is 4.09. The highest BCUT2D eigenvalue weighted by atomic mass is 16.3. The molecular formula is C10H18O2. The fraction of sp³-hybridized carbons (Fsp3) is 0.600. The van der Waals surface area contributed by atoms with E-state index in [0.717, 1.165) is 0 Å². The summed E-state index contributed by atoms with van der Waals surface area (Å²) in [5.74, 6) is 0.0172. The lowest BCUT2D eigenvalue weighted by atomic mass is 10.0. The van der Waals surface area contributed by atoms with Crippen molar-refractivity contribution in [1.29, 1.82) is 0 Å². The van der Waals surface area contributed by atoms with Crippen LogP contribution in [-0.2, 0) is 0 Å². The highest BCUT2D eigenvalue weighted by molar-refractivity contribution is 5.02. The molecule has 12 heavy (non-hydrogen) atoms. The Kier molecular flexibility index (Phi) is 4.21. The molecule has 0 heterocycles. The van der Waals surface area contributed by atoms with Crippen LogP contribution in [0.15, 0.2) is 24.8 Å². The van der Waals surface area contributed by atoms with Crippen LogP contribution in [0.2, 0.25) is 0 Å². The van der Waals surface area contributed by atoms with E-state index in [4.69, 9.17) is 0 Å². The Morgan fingerprint density at radius 1 is 1.42 bits per heavy atom. The fourth-order valence-corrected chi connectivity index (χ4v) is 0.649. The molecular weight excluding hydrogens is 152 g/mol. The smallest absolute Gasteiger partial charge is 0.0781 e. The lowest BCUT2D eigenvalue weighted by Gasteiger charge is -2.14. The molecule has 2 unspecified atom stereocenters. The number of hydrogen-bond donors (Lipinski definition) is 2. The molecule has 0 aliphatic heterocycles. The second-order valence-corrected chi connectivity index (χ2v) is 3.60. The minimum atomic E-state index is -0.859. The summed E-state index contributed by atoms with van der Waals surface area (Å²) >= 11 is 0. The van der Waals surface area contributed by atoms with Crippen molar-refractivity contribution in [1.82, 2.24) is 0 Å². The van der Waals surface area contributed by atoms with Crippen molar-refractivity contribution in [3.05, 3.63) is 24.8 Å². The van der Waals surface area contributed by atoms with Gasteiger partial charge >= 0.3 is 0 Å². The molecule has 0 aromatic heterocycles. The van der Waals surface area contributed by atoms with E-state index in [1.165, 1.54) is 0 Å². The lowest BCUT2D eigenvalue weighted by Crippen LogP contribution is -2.18. The SMILES string of the molecule is C=CC(C)C(O)C=CC(C)(C)O. The molecule has 0 radical (unpaired) electrons. The Labute approximate surface area is 74.2 Å². The number of hydrogen-bond acceptors (Lipinski definition) is 2. The Bertz CT molecular complexity index is 165. The minimum absolute atomic E-state index is 0.0172. The summed E-state index contributed by atoms with van der Waals surface area (Å²) in [6.07, 6.45) is 4.29. The molecule has 2 atom stereocenters. The van der Waals surface area contributed by atoms with Gasteiger partial charge in [-0.25, -0.2) is 0 Å². The van der Waals surface area contributed by atoms with Crippen LogP contribution >= 0.6 is 0 Å². The summed E-state index contributed by atoms with van der Waals surface area (Å²) in [5, 5.41) is 18.7. The predicted molar refractivity (Wildman–Crippen MR) is 50.8 cm³/mol. The second kappa shape index (κ2) is 4.43. The molecule has 0 saturated carbocycles. The van der Waals surface area contributed by atoms with Gasteiger partial charge < -0.3 is 10.2 Å². The number of aliphatic hydroxyl groups is 2. The molecule has 2 N–H and O–H groups in total. The first-order chi connectivity index (χ1) is 5.37. The van der Waals surface area contributed by atoms with E-state index in [1.807, 2.05) is 6.92 Å². The monoisotopic (exact) mass is 170 g/mol. The van der Waals surface area contributed by atoms with Gasteiger partial charge in [-0.3, -0.25) is 0 Å². The first-order valence-electron chi connectivity index (χ1n) is 4.09. The van der Waals surface area contributed by atoms with Crippen molar-refractivity contribution in [3.8, 4) is 0 Å². The van der Waals surface area contributed by atoms with Gasteiger partial charge in [0.05, 0.1) is 11.7 Å². The Hall–Kier alpha value is -0.600. The maximum atomic E-state index is 9.41. The molecule has 0 aliphatic carbocycles. The largest absolute Gasteiger partial charge is 0.388 e. The van der Waals surface area contributed by atoms with Gasteiger partial charge in [0.15, 0.2) is 0 Å². The van der Waals surface area contributed by atoms with Crippen molar-refractivity contribution in [3.63, 3.8) is 0 Å². The predicted octanol–water partition coefficient (Wildman–Crippen LogP) is 1.50.